The number of halogens is 2. The quantitative estimate of drug-likeness (QED) is 0.289. The van der Waals surface area contributed by atoms with Gasteiger partial charge in [0.05, 0.1) is 54.3 Å². The molecule has 5 heterocycles. The molecule has 0 aliphatic carbocycles. The summed E-state index contributed by atoms with van der Waals surface area (Å²) >= 11 is 12.4. The molecule has 0 spiro atoms. The molecule has 3 aromatic heterocycles. The monoisotopic (exact) mass is 636 g/mol. The van der Waals surface area contributed by atoms with E-state index in [-0.39, 0.29) is 23.0 Å². The number of methoxy groups -OCH3 is 1. The highest BCUT2D eigenvalue weighted by molar-refractivity contribution is 6.31. The van der Waals surface area contributed by atoms with E-state index in [1.807, 2.05) is 40.8 Å². The molecule has 4 aromatic rings. The lowest BCUT2D eigenvalue weighted by atomic mass is 9.93. The fourth-order valence-corrected chi connectivity index (χ4v) is 6.28. The smallest absolute Gasteiger partial charge is 0.247 e. The Hall–Kier alpha value is -3.77. The molecule has 2 aliphatic heterocycles. The lowest BCUT2D eigenvalue weighted by molar-refractivity contribution is -0.129. The van der Waals surface area contributed by atoms with Gasteiger partial charge >= 0.3 is 0 Å². The number of amides is 1. The molecule has 2 bridgehead atoms. The van der Waals surface area contributed by atoms with Gasteiger partial charge in [0.2, 0.25) is 5.91 Å². The van der Waals surface area contributed by atoms with Crippen molar-refractivity contribution in [3.05, 3.63) is 76.4 Å². The van der Waals surface area contributed by atoms with E-state index in [9.17, 15) is 9.90 Å². The Morgan fingerprint density at radius 3 is 2.82 bits per heavy atom. The van der Waals surface area contributed by atoms with Gasteiger partial charge in [0, 0.05) is 48.0 Å². The van der Waals surface area contributed by atoms with Crippen LogP contribution in [-0.2, 0) is 16.1 Å². The number of anilines is 1. The first kappa shape index (κ1) is 30.3. The van der Waals surface area contributed by atoms with Gasteiger partial charge in [-0.1, -0.05) is 41.8 Å². The summed E-state index contributed by atoms with van der Waals surface area (Å²) in [5.41, 5.74) is 5.69. The van der Waals surface area contributed by atoms with Gasteiger partial charge in [-0.25, -0.2) is 4.68 Å². The fraction of sp³-hybridized carbons (Fsp3) is 0.387. The first-order valence-corrected chi connectivity index (χ1v) is 15.4. The van der Waals surface area contributed by atoms with E-state index in [0.717, 1.165) is 52.3 Å². The standard InChI is InChI=1S/C31H34Cl2N8O3/c1-19-4-3-5-27(24-14-21(8-10-34-24)30-25(36-31(19)43)17-35-40(30)12-13-44-2)39-11-9-20(15-29(39)42)23-16-22(32)6-7-26(23)41-18-28(33)37-38-41/h6-8,10,14-19,27,31,36,43H,3-5,9,11-13H2,1-2H3. The van der Waals surface area contributed by atoms with Crippen molar-refractivity contribution < 1.29 is 14.6 Å². The summed E-state index contributed by atoms with van der Waals surface area (Å²) in [4.78, 5) is 20.6. The van der Waals surface area contributed by atoms with Gasteiger partial charge in [0.1, 0.15) is 6.23 Å². The normalized spacial score (nSPS) is 20.8. The molecule has 0 saturated heterocycles. The van der Waals surface area contributed by atoms with E-state index in [0.29, 0.717) is 37.6 Å². The first-order valence-electron chi connectivity index (χ1n) is 14.7. The van der Waals surface area contributed by atoms with Crippen LogP contribution in [0.1, 0.15) is 49.9 Å². The molecule has 2 N–H and O–H groups in total. The Morgan fingerprint density at radius 1 is 1.18 bits per heavy atom. The van der Waals surface area contributed by atoms with Gasteiger partial charge in [-0.2, -0.15) is 5.10 Å². The van der Waals surface area contributed by atoms with Crippen molar-refractivity contribution in [3.8, 4) is 16.9 Å². The molecule has 6 rings (SSSR count). The number of hydrogen-bond acceptors (Lipinski definition) is 8. The first-order chi connectivity index (χ1) is 21.3. The minimum Gasteiger partial charge on any atom is -0.383 e. The summed E-state index contributed by atoms with van der Waals surface area (Å²) in [6.07, 6.45) is 8.97. The van der Waals surface area contributed by atoms with Crippen molar-refractivity contribution in [2.24, 2.45) is 5.92 Å². The van der Waals surface area contributed by atoms with Crippen LogP contribution in [0.2, 0.25) is 10.2 Å². The largest absolute Gasteiger partial charge is 0.383 e. The number of aromatic nitrogens is 6. The van der Waals surface area contributed by atoms with Crippen LogP contribution < -0.4 is 5.32 Å². The number of nitrogens with one attached hydrogen (secondary N) is 1. The zero-order valence-corrected chi connectivity index (χ0v) is 26.0. The number of hydrogen-bond donors (Lipinski definition) is 2. The SMILES string of the molecule is COCCn1ncc2c1-c1ccnc(c1)C(N1CCC(c3cc(Cl)ccc3-n3cc(Cl)nn3)=CC1=O)CCCC(C)C(O)N2. The van der Waals surface area contributed by atoms with E-state index < -0.39 is 6.23 Å². The summed E-state index contributed by atoms with van der Waals surface area (Å²) in [5, 5.41) is 27.7. The molecule has 3 atom stereocenters. The van der Waals surface area contributed by atoms with Gasteiger partial charge < -0.3 is 20.1 Å². The highest BCUT2D eigenvalue weighted by Crippen LogP contribution is 2.37. The molecule has 0 radical (unpaired) electrons. The third kappa shape index (κ3) is 6.23. The van der Waals surface area contributed by atoms with Crippen LogP contribution in [0.4, 0.5) is 5.69 Å². The Bertz CT molecular complexity index is 1690. The number of ether oxygens (including phenoxy) is 1. The van der Waals surface area contributed by atoms with Crippen LogP contribution >= 0.6 is 23.2 Å². The number of pyridine rings is 1. The molecule has 0 saturated carbocycles. The van der Waals surface area contributed by atoms with Crippen LogP contribution in [0, 0.1) is 5.92 Å². The number of benzene rings is 1. The molecule has 2 aliphatic rings. The zero-order valence-electron chi connectivity index (χ0n) is 24.5. The summed E-state index contributed by atoms with van der Waals surface area (Å²) in [6.45, 7) is 3.56. The van der Waals surface area contributed by atoms with E-state index in [1.165, 1.54) is 0 Å². The zero-order chi connectivity index (χ0) is 30.8. The topological polar surface area (TPSA) is 123 Å². The Labute approximate surface area is 265 Å². The fourth-order valence-electron chi connectivity index (χ4n) is 5.98. The number of aliphatic hydroxyl groups is 1. The number of fused-ring (bicyclic) bond motifs is 4. The van der Waals surface area contributed by atoms with E-state index in [1.54, 1.807) is 42.5 Å². The molecular formula is C31H34Cl2N8O3. The molecule has 1 aromatic carbocycles. The van der Waals surface area contributed by atoms with Gasteiger partial charge in [-0.15, -0.1) is 5.10 Å². The lowest BCUT2D eigenvalue weighted by Gasteiger charge is -2.35. The summed E-state index contributed by atoms with van der Waals surface area (Å²) < 4.78 is 8.77. The highest BCUT2D eigenvalue weighted by Gasteiger charge is 2.31. The Kier molecular flexibility index (Phi) is 8.99. The summed E-state index contributed by atoms with van der Waals surface area (Å²) in [7, 11) is 1.65. The van der Waals surface area contributed by atoms with Gasteiger partial charge in [-0.05, 0) is 55.2 Å². The van der Waals surface area contributed by atoms with Crippen molar-refractivity contribution in [2.45, 2.75) is 51.4 Å². The molecule has 11 nitrogen and oxygen atoms in total. The summed E-state index contributed by atoms with van der Waals surface area (Å²) in [6, 6.07) is 9.18. The van der Waals surface area contributed by atoms with Crippen LogP contribution in [0.3, 0.4) is 0 Å². The van der Waals surface area contributed by atoms with Crippen molar-refractivity contribution >= 4 is 40.4 Å². The predicted molar refractivity (Wildman–Crippen MR) is 168 cm³/mol. The maximum Gasteiger partial charge on any atom is 0.247 e. The van der Waals surface area contributed by atoms with Crippen molar-refractivity contribution in [2.75, 3.05) is 25.6 Å². The van der Waals surface area contributed by atoms with E-state index in [4.69, 9.17) is 32.9 Å². The van der Waals surface area contributed by atoms with Crippen LogP contribution in [0.15, 0.2) is 55.0 Å². The third-order valence-corrected chi connectivity index (χ3v) is 8.73. The second kappa shape index (κ2) is 13.1. The molecule has 3 unspecified atom stereocenters. The lowest BCUT2D eigenvalue weighted by Crippen LogP contribution is -2.38. The average Bonchev–Trinajstić information content (AvgIpc) is 3.63. The van der Waals surface area contributed by atoms with Crippen LogP contribution in [0.5, 0.6) is 0 Å². The molecular weight excluding hydrogens is 603 g/mol. The van der Waals surface area contributed by atoms with Gasteiger partial charge in [-0.3, -0.25) is 14.5 Å². The molecule has 44 heavy (non-hydrogen) atoms. The predicted octanol–water partition coefficient (Wildman–Crippen LogP) is 5.39. The average molecular weight is 638 g/mol. The number of aliphatic hydroxyl groups excluding tert-OH is 1. The van der Waals surface area contributed by atoms with Crippen molar-refractivity contribution in [1.29, 1.82) is 0 Å². The molecule has 0 fully saturated rings. The minimum atomic E-state index is -0.748. The minimum absolute atomic E-state index is 0.0216. The van der Waals surface area contributed by atoms with Crippen molar-refractivity contribution in [1.82, 2.24) is 34.7 Å². The highest BCUT2D eigenvalue weighted by atomic mass is 35.5. The van der Waals surface area contributed by atoms with Crippen LogP contribution in [0.25, 0.3) is 22.5 Å². The number of nitrogens with zero attached hydrogens (tertiary/aromatic N) is 7. The Balaban J connectivity index is 1.36. The number of rotatable bonds is 6. The van der Waals surface area contributed by atoms with Gasteiger partial charge in [0.25, 0.3) is 0 Å². The molecule has 13 heteroatoms. The molecule has 1 amide bonds. The number of carbonyl (C=O) groups excluding carboxylic acids is 1. The van der Waals surface area contributed by atoms with E-state index >= 15 is 0 Å². The van der Waals surface area contributed by atoms with E-state index in [2.05, 4.69) is 20.7 Å². The maximum absolute atomic E-state index is 13.9. The van der Waals surface area contributed by atoms with Crippen LogP contribution in [-0.4, -0.2) is 72.2 Å². The third-order valence-electron chi connectivity index (χ3n) is 8.32. The van der Waals surface area contributed by atoms with Crippen molar-refractivity contribution in [3.63, 3.8) is 0 Å². The Morgan fingerprint density at radius 2 is 2.05 bits per heavy atom. The maximum atomic E-state index is 13.9. The number of carbonyl (C=O) groups is 1. The summed E-state index contributed by atoms with van der Waals surface area (Å²) in [5.74, 6) is -0.120. The second-order valence-corrected chi connectivity index (χ2v) is 12.0. The van der Waals surface area contributed by atoms with Gasteiger partial charge in [0.15, 0.2) is 5.15 Å². The molecule has 230 valence electrons. The second-order valence-electron chi connectivity index (χ2n) is 11.2.